The van der Waals surface area contributed by atoms with Gasteiger partial charge >= 0.3 is 0 Å². The third-order valence-corrected chi connectivity index (χ3v) is 4.63. The highest BCUT2D eigenvalue weighted by Gasteiger charge is 2.22. The van der Waals surface area contributed by atoms with Crippen LogP contribution in [-0.4, -0.2) is 25.1 Å². The van der Waals surface area contributed by atoms with Crippen LogP contribution in [0.4, 0.5) is 11.4 Å². The van der Waals surface area contributed by atoms with Gasteiger partial charge in [-0.25, -0.2) is 0 Å². The van der Waals surface area contributed by atoms with Crippen molar-refractivity contribution in [2.24, 2.45) is 0 Å². The highest BCUT2D eigenvalue weighted by molar-refractivity contribution is 5.94. The van der Waals surface area contributed by atoms with E-state index in [1.165, 1.54) is 0 Å². The second-order valence-corrected chi connectivity index (χ2v) is 7.71. The molecule has 2 aromatic rings. The summed E-state index contributed by atoms with van der Waals surface area (Å²) in [6.45, 7) is 14.4. The first-order valence-corrected chi connectivity index (χ1v) is 9.68. The van der Waals surface area contributed by atoms with E-state index in [-0.39, 0.29) is 11.3 Å². The zero-order valence-corrected chi connectivity index (χ0v) is 17.4. The van der Waals surface area contributed by atoms with Crippen molar-refractivity contribution in [1.29, 1.82) is 0 Å². The number of ether oxygens (including phenoxy) is 1. The summed E-state index contributed by atoms with van der Waals surface area (Å²) >= 11 is 0. The summed E-state index contributed by atoms with van der Waals surface area (Å²) < 4.78 is 5.98. The van der Waals surface area contributed by atoms with Crippen LogP contribution in [0.15, 0.2) is 48.5 Å². The second-order valence-electron chi connectivity index (χ2n) is 7.71. The van der Waals surface area contributed by atoms with E-state index < -0.39 is 6.10 Å². The van der Waals surface area contributed by atoms with E-state index in [1.54, 1.807) is 6.92 Å². The first-order valence-electron chi connectivity index (χ1n) is 9.68. The summed E-state index contributed by atoms with van der Waals surface area (Å²) in [6, 6.07) is 15.8. The van der Waals surface area contributed by atoms with E-state index >= 15 is 0 Å². The van der Waals surface area contributed by atoms with Crippen LogP contribution in [0.1, 0.15) is 47.1 Å². The molecule has 0 aliphatic heterocycles. The standard InChI is InChI=1S/C23H32N2O2/c1-7-25(8-2)19-15-13-18(14-16-19)24-22(26)17(3)27-21-12-10-9-11-20(21)23(4,5)6/h9-17H,7-8H2,1-6H3,(H,24,26). The molecule has 0 heterocycles. The minimum atomic E-state index is -0.587. The number of benzene rings is 2. The Morgan fingerprint density at radius 2 is 1.63 bits per heavy atom. The molecule has 1 amide bonds. The number of rotatable bonds is 7. The number of carbonyl (C=O) groups is 1. The largest absolute Gasteiger partial charge is 0.481 e. The van der Waals surface area contributed by atoms with Crippen molar-refractivity contribution in [1.82, 2.24) is 0 Å². The lowest BCUT2D eigenvalue weighted by atomic mass is 9.86. The molecule has 0 spiro atoms. The molecular weight excluding hydrogens is 336 g/mol. The molecule has 4 heteroatoms. The maximum absolute atomic E-state index is 12.6. The molecule has 0 radical (unpaired) electrons. The molecule has 1 atom stereocenters. The minimum absolute atomic E-state index is 0.0486. The number of hydrogen-bond acceptors (Lipinski definition) is 3. The summed E-state index contributed by atoms with van der Waals surface area (Å²) in [6.07, 6.45) is -0.587. The van der Waals surface area contributed by atoms with Gasteiger partial charge < -0.3 is 15.0 Å². The highest BCUT2D eigenvalue weighted by Crippen LogP contribution is 2.31. The van der Waals surface area contributed by atoms with Crippen molar-refractivity contribution >= 4 is 17.3 Å². The Morgan fingerprint density at radius 1 is 1.04 bits per heavy atom. The number of nitrogens with zero attached hydrogens (tertiary/aromatic N) is 1. The minimum Gasteiger partial charge on any atom is -0.481 e. The van der Waals surface area contributed by atoms with E-state index in [4.69, 9.17) is 4.74 Å². The maximum Gasteiger partial charge on any atom is 0.265 e. The van der Waals surface area contributed by atoms with Crippen LogP contribution in [0.2, 0.25) is 0 Å². The Bertz CT molecular complexity index is 744. The molecule has 1 unspecified atom stereocenters. The Morgan fingerprint density at radius 3 is 2.19 bits per heavy atom. The molecule has 2 aromatic carbocycles. The molecule has 0 saturated carbocycles. The van der Waals surface area contributed by atoms with Crippen molar-refractivity contribution in [3.8, 4) is 5.75 Å². The fraction of sp³-hybridized carbons (Fsp3) is 0.435. The number of para-hydroxylation sites is 1. The molecular formula is C23H32N2O2. The van der Waals surface area contributed by atoms with Crippen molar-refractivity contribution in [3.05, 3.63) is 54.1 Å². The molecule has 0 aromatic heterocycles. The number of nitrogens with one attached hydrogen (secondary N) is 1. The Labute approximate surface area is 163 Å². The Kier molecular flexibility index (Phi) is 6.89. The number of carbonyl (C=O) groups excluding carboxylic acids is 1. The summed E-state index contributed by atoms with van der Waals surface area (Å²) in [5, 5.41) is 2.94. The fourth-order valence-corrected chi connectivity index (χ4v) is 3.02. The molecule has 2 rings (SSSR count). The van der Waals surface area contributed by atoms with E-state index in [0.717, 1.165) is 35.8 Å². The van der Waals surface area contributed by atoms with Gasteiger partial charge in [0.15, 0.2) is 6.10 Å². The van der Waals surface area contributed by atoms with Gasteiger partial charge in [0.25, 0.3) is 5.91 Å². The molecule has 0 aliphatic rings. The fourth-order valence-electron chi connectivity index (χ4n) is 3.02. The SMILES string of the molecule is CCN(CC)c1ccc(NC(=O)C(C)Oc2ccccc2C(C)(C)C)cc1. The Hall–Kier alpha value is -2.49. The van der Waals surface area contributed by atoms with Crippen LogP contribution in [0.25, 0.3) is 0 Å². The number of hydrogen-bond donors (Lipinski definition) is 1. The van der Waals surface area contributed by atoms with Gasteiger partial charge in [-0.15, -0.1) is 0 Å². The average Bonchev–Trinajstić information content (AvgIpc) is 2.63. The maximum atomic E-state index is 12.6. The molecule has 0 saturated heterocycles. The summed E-state index contributed by atoms with van der Waals surface area (Å²) in [7, 11) is 0. The molecule has 4 nitrogen and oxygen atoms in total. The van der Waals surface area contributed by atoms with Gasteiger partial charge in [-0.05, 0) is 62.1 Å². The lowest BCUT2D eigenvalue weighted by molar-refractivity contribution is -0.122. The monoisotopic (exact) mass is 368 g/mol. The summed E-state index contributed by atoms with van der Waals surface area (Å²) in [4.78, 5) is 14.8. The van der Waals surface area contributed by atoms with Crippen LogP contribution >= 0.6 is 0 Å². The highest BCUT2D eigenvalue weighted by atomic mass is 16.5. The van der Waals surface area contributed by atoms with Crippen molar-refractivity contribution in [2.45, 2.75) is 53.1 Å². The molecule has 1 N–H and O–H groups in total. The van der Waals surface area contributed by atoms with Crippen molar-refractivity contribution < 1.29 is 9.53 Å². The predicted molar refractivity (Wildman–Crippen MR) is 114 cm³/mol. The van der Waals surface area contributed by atoms with Crippen LogP contribution in [-0.2, 0) is 10.2 Å². The smallest absolute Gasteiger partial charge is 0.265 e. The average molecular weight is 369 g/mol. The Balaban J connectivity index is 2.04. The van der Waals surface area contributed by atoms with Crippen LogP contribution < -0.4 is 15.0 Å². The molecule has 0 bridgehead atoms. The van der Waals surface area contributed by atoms with E-state index in [0.29, 0.717) is 0 Å². The summed E-state index contributed by atoms with van der Waals surface area (Å²) in [5.74, 6) is 0.596. The lowest BCUT2D eigenvalue weighted by Crippen LogP contribution is -2.31. The first-order chi connectivity index (χ1) is 12.8. The van der Waals surface area contributed by atoms with Gasteiger partial charge in [0, 0.05) is 24.5 Å². The van der Waals surface area contributed by atoms with Crippen LogP contribution in [0.3, 0.4) is 0 Å². The zero-order chi connectivity index (χ0) is 20.0. The number of amides is 1. The normalized spacial score (nSPS) is 12.4. The van der Waals surface area contributed by atoms with Gasteiger partial charge in [-0.1, -0.05) is 39.0 Å². The van der Waals surface area contributed by atoms with Crippen LogP contribution in [0, 0.1) is 0 Å². The third-order valence-electron chi connectivity index (χ3n) is 4.63. The van der Waals surface area contributed by atoms with Gasteiger partial charge in [-0.3, -0.25) is 4.79 Å². The quantitative estimate of drug-likeness (QED) is 0.727. The molecule has 0 fully saturated rings. The van der Waals surface area contributed by atoms with Gasteiger partial charge in [0.05, 0.1) is 0 Å². The molecule has 146 valence electrons. The van der Waals surface area contributed by atoms with E-state index in [2.05, 4.69) is 44.8 Å². The topological polar surface area (TPSA) is 41.6 Å². The second kappa shape index (κ2) is 8.94. The molecule has 27 heavy (non-hydrogen) atoms. The number of anilines is 2. The van der Waals surface area contributed by atoms with Crippen molar-refractivity contribution in [3.63, 3.8) is 0 Å². The van der Waals surface area contributed by atoms with Gasteiger partial charge in [-0.2, -0.15) is 0 Å². The third kappa shape index (κ3) is 5.49. The first kappa shape index (κ1) is 20.8. The van der Waals surface area contributed by atoms with Gasteiger partial charge in [0.1, 0.15) is 5.75 Å². The zero-order valence-electron chi connectivity index (χ0n) is 17.4. The predicted octanol–water partition coefficient (Wildman–Crippen LogP) is 5.24. The van der Waals surface area contributed by atoms with Gasteiger partial charge in [0.2, 0.25) is 0 Å². The van der Waals surface area contributed by atoms with E-state index in [9.17, 15) is 4.79 Å². The molecule has 0 aliphatic carbocycles. The summed E-state index contributed by atoms with van der Waals surface area (Å²) in [5.41, 5.74) is 2.97. The van der Waals surface area contributed by atoms with Crippen molar-refractivity contribution in [2.75, 3.05) is 23.3 Å². The van der Waals surface area contributed by atoms with E-state index in [1.807, 2.05) is 48.5 Å². The lowest BCUT2D eigenvalue weighted by Gasteiger charge is -2.24. The van der Waals surface area contributed by atoms with Crippen LogP contribution in [0.5, 0.6) is 5.75 Å².